The SMILES string of the molecule is CNCc1ccc(C2OC(c3nc(Br)cnc3N)=NC(C)C2C)cc1. The van der Waals surface area contributed by atoms with Crippen LogP contribution in [0.15, 0.2) is 40.1 Å². The molecule has 25 heavy (non-hydrogen) atoms. The second kappa shape index (κ2) is 7.49. The average molecular weight is 404 g/mol. The average Bonchev–Trinajstić information content (AvgIpc) is 2.60. The second-order valence-electron chi connectivity index (χ2n) is 6.27. The molecule has 0 fully saturated rings. The fraction of sp³-hybridized carbons (Fsp3) is 0.389. The molecule has 0 saturated heterocycles. The van der Waals surface area contributed by atoms with E-state index in [4.69, 9.17) is 10.5 Å². The molecule has 1 aliphatic rings. The number of halogens is 1. The molecule has 132 valence electrons. The van der Waals surface area contributed by atoms with Crippen LogP contribution in [0, 0.1) is 5.92 Å². The minimum atomic E-state index is -0.105. The lowest BCUT2D eigenvalue weighted by atomic mass is 9.90. The largest absolute Gasteiger partial charge is 0.468 e. The number of anilines is 1. The Morgan fingerprint density at radius 3 is 2.64 bits per heavy atom. The van der Waals surface area contributed by atoms with Gasteiger partial charge < -0.3 is 15.8 Å². The van der Waals surface area contributed by atoms with Crippen molar-refractivity contribution in [3.63, 3.8) is 0 Å². The van der Waals surface area contributed by atoms with Crippen LogP contribution in [0.3, 0.4) is 0 Å². The van der Waals surface area contributed by atoms with Gasteiger partial charge in [0.1, 0.15) is 10.7 Å². The summed E-state index contributed by atoms with van der Waals surface area (Å²) in [6.45, 7) is 5.07. The van der Waals surface area contributed by atoms with Crippen molar-refractivity contribution >= 4 is 27.6 Å². The standard InChI is InChI=1S/C18H22BrN5O/c1-10-11(2)23-18(15-17(20)22-9-14(19)24-15)25-16(10)13-6-4-12(5-7-13)8-21-3/h4-7,9-11,16,21H,8H2,1-3H3,(H2,20,22). The molecule has 0 bridgehead atoms. The fourth-order valence-electron chi connectivity index (χ4n) is 2.87. The molecule has 1 aromatic carbocycles. The van der Waals surface area contributed by atoms with Gasteiger partial charge in [-0.1, -0.05) is 31.2 Å². The summed E-state index contributed by atoms with van der Waals surface area (Å²) < 4.78 is 6.81. The highest BCUT2D eigenvalue weighted by molar-refractivity contribution is 9.10. The first kappa shape index (κ1) is 17.8. The molecule has 0 amide bonds. The summed E-state index contributed by atoms with van der Waals surface area (Å²) in [5.41, 5.74) is 8.81. The summed E-state index contributed by atoms with van der Waals surface area (Å²) in [6, 6.07) is 8.54. The molecule has 0 saturated carbocycles. The third-order valence-electron chi connectivity index (χ3n) is 4.46. The van der Waals surface area contributed by atoms with E-state index >= 15 is 0 Å². The zero-order valence-corrected chi connectivity index (χ0v) is 16.1. The number of nitrogens with one attached hydrogen (secondary N) is 1. The summed E-state index contributed by atoms with van der Waals surface area (Å²) >= 11 is 3.33. The maximum Gasteiger partial charge on any atom is 0.240 e. The van der Waals surface area contributed by atoms with Crippen molar-refractivity contribution < 1.29 is 4.74 Å². The number of nitrogen functional groups attached to an aromatic ring is 1. The van der Waals surface area contributed by atoms with Gasteiger partial charge in [0.05, 0.1) is 12.2 Å². The lowest BCUT2D eigenvalue weighted by molar-refractivity contribution is 0.0993. The van der Waals surface area contributed by atoms with Gasteiger partial charge in [-0.2, -0.15) is 0 Å². The molecule has 1 aromatic heterocycles. The third-order valence-corrected chi connectivity index (χ3v) is 4.84. The van der Waals surface area contributed by atoms with Crippen LogP contribution in [0.4, 0.5) is 5.82 Å². The van der Waals surface area contributed by atoms with Crippen LogP contribution in [-0.4, -0.2) is 29.0 Å². The molecule has 3 unspecified atom stereocenters. The molecule has 1 aliphatic heterocycles. The van der Waals surface area contributed by atoms with E-state index < -0.39 is 0 Å². The zero-order chi connectivity index (χ0) is 18.0. The number of hydrogen-bond acceptors (Lipinski definition) is 6. The monoisotopic (exact) mass is 403 g/mol. The molecule has 0 spiro atoms. The normalized spacial score (nSPS) is 23.0. The van der Waals surface area contributed by atoms with Gasteiger partial charge in [0, 0.05) is 12.5 Å². The van der Waals surface area contributed by atoms with Gasteiger partial charge in [-0.25, -0.2) is 15.0 Å². The van der Waals surface area contributed by atoms with Crippen molar-refractivity contribution in [1.82, 2.24) is 15.3 Å². The number of hydrogen-bond donors (Lipinski definition) is 2. The number of rotatable bonds is 4. The molecule has 0 radical (unpaired) electrons. The van der Waals surface area contributed by atoms with E-state index in [0.717, 1.165) is 12.1 Å². The minimum Gasteiger partial charge on any atom is -0.468 e. The molecular formula is C18H22BrN5O. The van der Waals surface area contributed by atoms with E-state index in [1.54, 1.807) is 6.20 Å². The van der Waals surface area contributed by atoms with Gasteiger partial charge in [-0.05, 0) is 41.0 Å². The van der Waals surface area contributed by atoms with Gasteiger partial charge in [0.15, 0.2) is 11.5 Å². The van der Waals surface area contributed by atoms with Gasteiger partial charge in [-0.15, -0.1) is 0 Å². The van der Waals surface area contributed by atoms with E-state index in [1.807, 2.05) is 7.05 Å². The van der Waals surface area contributed by atoms with Crippen LogP contribution in [0.25, 0.3) is 0 Å². The second-order valence-corrected chi connectivity index (χ2v) is 7.08. The third kappa shape index (κ3) is 3.82. The van der Waals surface area contributed by atoms with Gasteiger partial charge >= 0.3 is 0 Å². The summed E-state index contributed by atoms with van der Waals surface area (Å²) in [4.78, 5) is 13.2. The zero-order valence-electron chi connectivity index (χ0n) is 14.5. The first-order valence-corrected chi connectivity index (χ1v) is 9.05. The molecule has 6 nitrogen and oxygen atoms in total. The predicted molar refractivity (Wildman–Crippen MR) is 102 cm³/mol. The number of aromatic nitrogens is 2. The number of benzene rings is 1. The van der Waals surface area contributed by atoms with Crippen molar-refractivity contribution in [1.29, 1.82) is 0 Å². The van der Waals surface area contributed by atoms with E-state index in [1.165, 1.54) is 5.56 Å². The smallest absolute Gasteiger partial charge is 0.240 e. The lowest BCUT2D eigenvalue weighted by Crippen LogP contribution is -2.32. The Morgan fingerprint density at radius 1 is 1.24 bits per heavy atom. The van der Waals surface area contributed by atoms with Gasteiger partial charge in [0.25, 0.3) is 0 Å². The molecular weight excluding hydrogens is 382 g/mol. The van der Waals surface area contributed by atoms with Crippen LogP contribution in [0.2, 0.25) is 0 Å². The Hall–Kier alpha value is -1.99. The Bertz CT molecular complexity index is 778. The molecule has 2 heterocycles. The highest BCUT2D eigenvalue weighted by atomic mass is 79.9. The Morgan fingerprint density at radius 2 is 1.96 bits per heavy atom. The number of nitrogens with two attached hydrogens (primary N) is 1. The van der Waals surface area contributed by atoms with Crippen LogP contribution in [-0.2, 0) is 11.3 Å². The fourth-order valence-corrected chi connectivity index (χ4v) is 3.15. The highest BCUT2D eigenvalue weighted by Gasteiger charge is 2.33. The van der Waals surface area contributed by atoms with Crippen LogP contribution < -0.4 is 11.1 Å². The number of nitrogens with zero attached hydrogens (tertiary/aromatic N) is 3. The summed E-state index contributed by atoms with van der Waals surface area (Å²) in [6.07, 6.45) is 1.46. The van der Waals surface area contributed by atoms with Crippen molar-refractivity contribution in [3.8, 4) is 0 Å². The van der Waals surface area contributed by atoms with E-state index in [0.29, 0.717) is 22.0 Å². The number of aliphatic imine (C=N–C) groups is 1. The Balaban J connectivity index is 1.91. The molecule has 7 heteroatoms. The van der Waals surface area contributed by atoms with E-state index in [-0.39, 0.29) is 18.1 Å². The highest BCUT2D eigenvalue weighted by Crippen LogP contribution is 2.35. The predicted octanol–water partition coefficient (Wildman–Crippen LogP) is 3.08. The van der Waals surface area contributed by atoms with Gasteiger partial charge in [0.2, 0.25) is 5.90 Å². The lowest BCUT2D eigenvalue weighted by Gasteiger charge is -2.33. The Labute approximate surface area is 156 Å². The summed E-state index contributed by atoms with van der Waals surface area (Å²) in [5.74, 6) is 0.994. The molecule has 2 aromatic rings. The molecule has 3 atom stereocenters. The Kier molecular flexibility index (Phi) is 5.34. The van der Waals surface area contributed by atoms with Crippen LogP contribution >= 0.6 is 15.9 Å². The summed E-state index contributed by atoms with van der Waals surface area (Å²) in [5, 5.41) is 3.15. The van der Waals surface area contributed by atoms with Crippen molar-refractivity contribution in [2.24, 2.45) is 10.9 Å². The molecule has 0 aliphatic carbocycles. The van der Waals surface area contributed by atoms with Crippen LogP contribution in [0.5, 0.6) is 0 Å². The molecule has 3 rings (SSSR count). The quantitative estimate of drug-likeness (QED) is 0.818. The maximum atomic E-state index is 6.21. The maximum absolute atomic E-state index is 6.21. The first-order chi connectivity index (χ1) is 12.0. The van der Waals surface area contributed by atoms with Crippen molar-refractivity contribution in [2.75, 3.05) is 12.8 Å². The minimum absolute atomic E-state index is 0.0888. The van der Waals surface area contributed by atoms with E-state index in [2.05, 4.69) is 74.3 Å². The summed E-state index contributed by atoms with van der Waals surface area (Å²) in [7, 11) is 1.94. The van der Waals surface area contributed by atoms with Crippen molar-refractivity contribution in [2.45, 2.75) is 32.5 Å². The number of ether oxygens (including phenoxy) is 1. The molecule has 3 N–H and O–H groups in total. The first-order valence-electron chi connectivity index (χ1n) is 8.26. The van der Waals surface area contributed by atoms with Gasteiger partial charge in [-0.3, -0.25) is 0 Å². The van der Waals surface area contributed by atoms with Crippen LogP contribution in [0.1, 0.15) is 36.8 Å². The van der Waals surface area contributed by atoms with E-state index in [9.17, 15) is 0 Å². The topological polar surface area (TPSA) is 85.4 Å². The van der Waals surface area contributed by atoms with Crippen molar-refractivity contribution in [3.05, 3.63) is 51.9 Å².